The molecule has 1 N–H and O–H groups in total. The number of hydrogen-bond donors (Lipinski definition) is 1. The Labute approximate surface area is 116 Å². The monoisotopic (exact) mass is 274 g/mol. The number of nitrogens with zero attached hydrogens (tertiary/aromatic N) is 1. The van der Waals surface area contributed by atoms with Gasteiger partial charge in [-0.2, -0.15) is 4.39 Å². The SMILES string of the molecule is CCOc1ccc(NC(=O)c2cccnc2F)c(C)c1. The number of benzene rings is 1. The van der Waals surface area contributed by atoms with Gasteiger partial charge in [-0.1, -0.05) is 0 Å². The molecule has 0 fully saturated rings. The summed E-state index contributed by atoms with van der Waals surface area (Å²) in [6, 6.07) is 8.21. The molecular weight excluding hydrogens is 259 g/mol. The minimum Gasteiger partial charge on any atom is -0.494 e. The highest BCUT2D eigenvalue weighted by Gasteiger charge is 2.13. The third-order valence-corrected chi connectivity index (χ3v) is 2.76. The fraction of sp³-hybridized carbons (Fsp3) is 0.200. The first-order valence-corrected chi connectivity index (χ1v) is 6.27. The predicted molar refractivity (Wildman–Crippen MR) is 74.5 cm³/mol. The maximum Gasteiger partial charge on any atom is 0.260 e. The molecule has 0 spiro atoms. The summed E-state index contributed by atoms with van der Waals surface area (Å²) in [6.07, 6.45) is 1.30. The Morgan fingerprint density at radius 2 is 2.20 bits per heavy atom. The second-order valence-corrected chi connectivity index (χ2v) is 4.21. The van der Waals surface area contributed by atoms with Crippen LogP contribution in [0, 0.1) is 12.9 Å². The van der Waals surface area contributed by atoms with Crippen molar-refractivity contribution in [1.82, 2.24) is 4.98 Å². The molecule has 1 amide bonds. The van der Waals surface area contributed by atoms with E-state index in [1.807, 2.05) is 19.9 Å². The van der Waals surface area contributed by atoms with Crippen LogP contribution in [0.2, 0.25) is 0 Å². The molecule has 0 saturated carbocycles. The normalized spacial score (nSPS) is 10.2. The summed E-state index contributed by atoms with van der Waals surface area (Å²) in [6.45, 7) is 4.32. The van der Waals surface area contributed by atoms with Crippen molar-refractivity contribution < 1.29 is 13.9 Å². The number of amides is 1. The lowest BCUT2D eigenvalue weighted by Gasteiger charge is -2.10. The molecule has 20 heavy (non-hydrogen) atoms. The fourth-order valence-corrected chi connectivity index (χ4v) is 1.78. The number of carbonyl (C=O) groups is 1. The maximum atomic E-state index is 13.4. The zero-order chi connectivity index (χ0) is 14.5. The molecule has 0 bridgehead atoms. The highest BCUT2D eigenvalue weighted by atomic mass is 19.1. The number of pyridine rings is 1. The molecule has 1 heterocycles. The third-order valence-electron chi connectivity index (χ3n) is 2.76. The summed E-state index contributed by atoms with van der Waals surface area (Å²) in [5.74, 6) is -0.577. The maximum absolute atomic E-state index is 13.4. The highest BCUT2D eigenvalue weighted by Crippen LogP contribution is 2.22. The zero-order valence-electron chi connectivity index (χ0n) is 11.3. The van der Waals surface area contributed by atoms with E-state index >= 15 is 0 Å². The molecule has 1 aromatic heterocycles. The van der Waals surface area contributed by atoms with Gasteiger partial charge in [-0.15, -0.1) is 0 Å². The van der Waals surface area contributed by atoms with Crippen LogP contribution in [0.1, 0.15) is 22.8 Å². The van der Waals surface area contributed by atoms with Crippen LogP contribution < -0.4 is 10.1 Å². The molecule has 1 aromatic carbocycles. The van der Waals surface area contributed by atoms with E-state index in [1.54, 1.807) is 12.1 Å². The highest BCUT2D eigenvalue weighted by molar-refractivity contribution is 6.04. The average molecular weight is 274 g/mol. The second kappa shape index (κ2) is 6.14. The summed E-state index contributed by atoms with van der Waals surface area (Å²) in [5, 5.41) is 2.66. The van der Waals surface area contributed by atoms with Crippen molar-refractivity contribution in [3.05, 3.63) is 53.6 Å². The topological polar surface area (TPSA) is 51.2 Å². The van der Waals surface area contributed by atoms with Crippen molar-refractivity contribution in [3.63, 3.8) is 0 Å². The molecule has 0 saturated heterocycles. The van der Waals surface area contributed by atoms with Crippen molar-refractivity contribution in [3.8, 4) is 5.75 Å². The van der Waals surface area contributed by atoms with Crippen molar-refractivity contribution >= 4 is 11.6 Å². The van der Waals surface area contributed by atoms with Crippen LogP contribution in [-0.2, 0) is 0 Å². The standard InChI is InChI=1S/C15H15FN2O2/c1-3-20-11-6-7-13(10(2)9-11)18-15(19)12-5-4-8-17-14(12)16/h4-9H,3H2,1-2H3,(H,18,19). The van der Waals surface area contributed by atoms with Crippen molar-refractivity contribution in [2.45, 2.75) is 13.8 Å². The summed E-state index contributed by atoms with van der Waals surface area (Å²) in [5.41, 5.74) is 1.37. The quantitative estimate of drug-likeness (QED) is 0.871. The van der Waals surface area contributed by atoms with Crippen LogP contribution in [0.5, 0.6) is 5.75 Å². The number of halogens is 1. The van der Waals surface area contributed by atoms with E-state index in [0.717, 1.165) is 11.3 Å². The molecule has 0 aliphatic heterocycles. The minimum atomic E-state index is -0.784. The lowest BCUT2D eigenvalue weighted by Crippen LogP contribution is -2.15. The molecule has 0 atom stereocenters. The van der Waals surface area contributed by atoms with Crippen LogP contribution in [-0.4, -0.2) is 17.5 Å². The van der Waals surface area contributed by atoms with Crippen LogP contribution in [0.15, 0.2) is 36.5 Å². The van der Waals surface area contributed by atoms with Gasteiger partial charge in [0.1, 0.15) is 5.75 Å². The van der Waals surface area contributed by atoms with E-state index in [0.29, 0.717) is 12.3 Å². The summed E-state index contributed by atoms with van der Waals surface area (Å²) in [7, 11) is 0. The Bertz CT molecular complexity index is 629. The lowest BCUT2D eigenvalue weighted by molar-refractivity contribution is 0.102. The molecule has 0 aliphatic carbocycles. The minimum absolute atomic E-state index is 0.0826. The van der Waals surface area contributed by atoms with Gasteiger partial charge >= 0.3 is 0 Å². The molecule has 2 rings (SSSR count). The number of aryl methyl sites for hydroxylation is 1. The van der Waals surface area contributed by atoms with Crippen molar-refractivity contribution in [2.24, 2.45) is 0 Å². The number of carbonyl (C=O) groups excluding carboxylic acids is 1. The first kappa shape index (κ1) is 14.0. The number of rotatable bonds is 4. The molecule has 5 heteroatoms. The summed E-state index contributed by atoms with van der Waals surface area (Å²) in [4.78, 5) is 15.4. The molecule has 2 aromatic rings. The fourth-order valence-electron chi connectivity index (χ4n) is 1.78. The van der Waals surface area contributed by atoms with Gasteiger partial charge in [0.15, 0.2) is 0 Å². The van der Waals surface area contributed by atoms with Gasteiger partial charge in [0.25, 0.3) is 5.91 Å². The number of nitrogens with one attached hydrogen (secondary N) is 1. The molecule has 0 radical (unpaired) electrons. The van der Waals surface area contributed by atoms with E-state index < -0.39 is 11.9 Å². The van der Waals surface area contributed by atoms with Crippen LogP contribution >= 0.6 is 0 Å². The van der Waals surface area contributed by atoms with Gasteiger partial charge in [-0.25, -0.2) is 4.98 Å². The second-order valence-electron chi connectivity index (χ2n) is 4.21. The van der Waals surface area contributed by atoms with Gasteiger partial charge in [0, 0.05) is 11.9 Å². The molecule has 104 valence electrons. The molecular formula is C15H15FN2O2. The van der Waals surface area contributed by atoms with Gasteiger partial charge in [0.05, 0.1) is 12.2 Å². The van der Waals surface area contributed by atoms with E-state index in [9.17, 15) is 9.18 Å². The first-order valence-electron chi connectivity index (χ1n) is 6.27. The van der Waals surface area contributed by atoms with Crippen LogP contribution in [0.25, 0.3) is 0 Å². The number of aromatic nitrogens is 1. The Balaban J connectivity index is 2.18. The van der Waals surface area contributed by atoms with Gasteiger partial charge in [-0.05, 0) is 49.7 Å². The van der Waals surface area contributed by atoms with Crippen molar-refractivity contribution in [2.75, 3.05) is 11.9 Å². The van der Waals surface area contributed by atoms with Crippen molar-refractivity contribution in [1.29, 1.82) is 0 Å². The Morgan fingerprint density at radius 1 is 1.40 bits per heavy atom. The van der Waals surface area contributed by atoms with E-state index in [2.05, 4.69) is 10.3 Å². The smallest absolute Gasteiger partial charge is 0.260 e. The number of ether oxygens (including phenoxy) is 1. The Morgan fingerprint density at radius 3 is 2.85 bits per heavy atom. The molecule has 4 nitrogen and oxygen atoms in total. The average Bonchev–Trinajstić information content (AvgIpc) is 2.42. The van der Waals surface area contributed by atoms with Crippen LogP contribution in [0.3, 0.4) is 0 Å². The first-order chi connectivity index (χ1) is 9.61. The van der Waals surface area contributed by atoms with E-state index in [-0.39, 0.29) is 5.56 Å². The van der Waals surface area contributed by atoms with Crippen LogP contribution in [0.4, 0.5) is 10.1 Å². The van der Waals surface area contributed by atoms with Gasteiger partial charge in [0.2, 0.25) is 5.95 Å². The number of anilines is 1. The summed E-state index contributed by atoms with van der Waals surface area (Å²) < 4.78 is 18.8. The van der Waals surface area contributed by atoms with E-state index in [4.69, 9.17) is 4.74 Å². The van der Waals surface area contributed by atoms with E-state index in [1.165, 1.54) is 18.3 Å². The third kappa shape index (κ3) is 3.12. The zero-order valence-corrected chi connectivity index (χ0v) is 11.3. The molecule has 0 unspecified atom stereocenters. The van der Waals surface area contributed by atoms with Gasteiger partial charge < -0.3 is 10.1 Å². The lowest BCUT2D eigenvalue weighted by atomic mass is 10.1. The molecule has 0 aliphatic rings. The Kier molecular flexibility index (Phi) is 4.30. The number of hydrogen-bond acceptors (Lipinski definition) is 3. The van der Waals surface area contributed by atoms with Gasteiger partial charge in [-0.3, -0.25) is 4.79 Å². The summed E-state index contributed by atoms with van der Waals surface area (Å²) >= 11 is 0. The Hall–Kier alpha value is -2.43. The largest absolute Gasteiger partial charge is 0.494 e. The predicted octanol–water partition coefficient (Wildman–Crippen LogP) is 3.18.